The zero-order chi connectivity index (χ0) is 18.2. The molecule has 0 atom stereocenters. The Bertz CT molecular complexity index is 1030. The van der Waals surface area contributed by atoms with E-state index in [2.05, 4.69) is 32.0 Å². The molecule has 25 heavy (non-hydrogen) atoms. The quantitative estimate of drug-likeness (QED) is 0.596. The van der Waals surface area contributed by atoms with Gasteiger partial charge in [-0.3, -0.25) is 0 Å². The molecule has 0 saturated heterocycles. The van der Waals surface area contributed by atoms with Crippen molar-refractivity contribution in [1.29, 1.82) is 5.26 Å². The van der Waals surface area contributed by atoms with Gasteiger partial charge in [0.15, 0.2) is 5.16 Å². The monoisotopic (exact) mass is 423 g/mol. The van der Waals surface area contributed by atoms with Crippen LogP contribution in [-0.2, 0) is 4.79 Å². The van der Waals surface area contributed by atoms with Crippen molar-refractivity contribution in [3.05, 3.63) is 46.6 Å². The average molecular weight is 424 g/mol. The first kappa shape index (κ1) is 17.4. The highest BCUT2D eigenvalue weighted by Gasteiger charge is 2.41. The number of H-pyrrole nitrogens is 1. The Kier molecular flexibility index (Phi) is 4.49. The Hall–Kier alpha value is -2.44. The number of fused-ring (bicyclic) bond motifs is 1. The zero-order valence-electron chi connectivity index (χ0n) is 12.3. The molecule has 0 fully saturated rings. The molecule has 2 aromatic carbocycles. The van der Waals surface area contributed by atoms with Gasteiger partial charge in [0.1, 0.15) is 10.3 Å². The van der Waals surface area contributed by atoms with Crippen LogP contribution in [0.5, 0.6) is 0 Å². The first-order chi connectivity index (χ1) is 11.8. The number of imidazole rings is 1. The lowest BCUT2D eigenvalue weighted by Gasteiger charge is -2.07. The van der Waals surface area contributed by atoms with Gasteiger partial charge in [-0.2, -0.15) is 14.0 Å². The summed E-state index contributed by atoms with van der Waals surface area (Å²) in [5, 5.41) is 15.0. The van der Waals surface area contributed by atoms with Crippen LogP contribution in [0.25, 0.3) is 22.0 Å². The SMILES string of the molecule is N#Cc1ccc(-c2nc(SC(F)(F)C(=O)O)[nH]c2Br)c2ccccc12. The van der Waals surface area contributed by atoms with Crippen LogP contribution in [0.1, 0.15) is 5.56 Å². The maximum absolute atomic E-state index is 13.4. The van der Waals surface area contributed by atoms with Crippen LogP contribution in [0.4, 0.5) is 8.78 Å². The normalized spacial score (nSPS) is 11.4. The molecule has 0 saturated carbocycles. The van der Waals surface area contributed by atoms with E-state index in [0.29, 0.717) is 26.8 Å². The van der Waals surface area contributed by atoms with Gasteiger partial charge in [-0.1, -0.05) is 30.3 Å². The van der Waals surface area contributed by atoms with Gasteiger partial charge < -0.3 is 10.1 Å². The molecule has 0 aliphatic carbocycles. The molecule has 0 spiro atoms. The maximum atomic E-state index is 13.4. The van der Waals surface area contributed by atoms with E-state index in [1.807, 2.05) is 0 Å². The van der Waals surface area contributed by atoms with Crippen LogP contribution in [0.2, 0.25) is 0 Å². The molecule has 9 heteroatoms. The molecule has 1 aromatic heterocycles. The van der Waals surface area contributed by atoms with Crippen molar-refractivity contribution < 1.29 is 18.7 Å². The second-order valence-corrected chi connectivity index (χ2v) is 6.84. The highest BCUT2D eigenvalue weighted by Crippen LogP contribution is 2.39. The zero-order valence-corrected chi connectivity index (χ0v) is 14.7. The van der Waals surface area contributed by atoms with Gasteiger partial charge in [-0.05, 0) is 39.1 Å². The summed E-state index contributed by atoms with van der Waals surface area (Å²) in [5.41, 5.74) is 1.46. The van der Waals surface area contributed by atoms with Crippen LogP contribution in [0.15, 0.2) is 46.2 Å². The second-order valence-electron chi connectivity index (χ2n) is 4.95. The topological polar surface area (TPSA) is 89.8 Å². The summed E-state index contributed by atoms with van der Waals surface area (Å²) in [4.78, 5) is 17.3. The predicted octanol–water partition coefficient (Wildman–Crippen LogP) is 4.63. The average Bonchev–Trinajstić information content (AvgIpc) is 2.93. The largest absolute Gasteiger partial charge is 0.476 e. The minimum Gasteiger partial charge on any atom is -0.476 e. The molecule has 0 bridgehead atoms. The lowest BCUT2D eigenvalue weighted by Crippen LogP contribution is -2.23. The lowest BCUT2D eigenvalue weighted by atomic mass is 9.99. The van der Waals surface area contributed by atoms with Gasteiger partial charge in [0.25, 0.3) is 0 Å². The molecule has 0 radical (unpaired) electrons. The summed E-state index contributed by atoms with van der Waals surface area (Å²) < 4.78 is 27.1. The second kappa shape index (κ2) is 6.46. The van der Waals surface area contributed by atoms with Crippen molar-refractivity contribution in [2.45, 2.75) is 10.4 Å². The Labute approximate surface area is 152 Å². The van der Waals surface area contributed by atoms with Crippen molar-refractivity contribution in [2.24, 2.45) is 0 Å². The number of aromatic nitrogens is 2. The minimum atomic E-state index is -4.00. The van der Waals surface area contributed by atoms with Gasteiger partial charge in [-0.25, -0.2) is 9.78 Å². The highest BCUT2D eigenvalue weighted by molar-refractivity contribution is 9.10. The van der Waals surface area contributed by atoms with Crippen molar-refractivity contribution in [3.8, 4) is 17.3 Å². The van der Waals surface area contributed by atoms with Crippen LogP contribution >= 0.6 is 27.7 Å². The van der Waals surface area contributed by atoms with Gasteiger partial charge >= 0.3 is 11.2 Å². The number of carboxylic acid groups (broad SMARTS) is 1. The number of nitrogens with zero attached hydrogens (tertiary/aromatic N) is 2. The molecule has 126 valence electrons. The summed E-state index contributed by atoms with van der Waals surface area (Å²) in [6, 6.07) is 12.6. The number of carboxylic acids is 1. The molecule has 3 rings (SSSR count). The van der Waals surface area contributed by atoms with Crippen LogP contribution < -0.4 is 0 Å². The summed E-state index contributed by atoms with van der Waals surface area (Å²) in [6.45, 7) is 0. The molecule has 0 aliphatic rings. The van der Waals surface area contributed by atoms with E-state index >= 15 is 0 Å². The highest BCUT2D eigenvalue weighted by atomic mass is 79.9. The number of benzene rings is 2. The number of thioether (sulfide) groups is 1. The summed E-state index contributed by atoms with van der Waals surface area (Å²) >= 11 is 3.05. The fourth-order valence-corrected chi connectivity index (χ4v) is 3.57. The number of hydrogen-bond donors (Lipinski definition) is 2. The lowest BCUT2D eigenvalue weighted by molar-refractivity contribution is -0.152. The number of aromatic amines is 1. The fourth-order valence-electron chi connectivity index (χ4n) is 2.33. The smallest absolute Gasteiger partial charge is 0.395 e. The molecule has 0 unspecified atom stereocenters. The van der Waals surface area contributed by atoms with Crippen molar-refractivity contribution in [3.63, 3.8) is 0 Å². The Balaban J connectivity index is 2.11. The summed E-state index contributed by atoms with van der Waals surface area (Å²) in [5.74, 6) is -2.24. The maximum Gasteiger partial charge on any atom is 0.395 e. The van der Waals surface area contributed by atoms with Crippen molar-refractivity contribution >= 4 is 44.4 Å². The minimum absolute atomic E-state index is 0.185. The molecular weight excluding hydrogens is 416 g/mol. The van der Waals surface area contributed by atoms with Crippen molar-refractivity contribution in [2.75, 3.05) is 0 Å². The number of nitrogens with one attached hydrogen (secondary N) is 1. The van der Waals surface area contributed by atoms with E-state index in [1.165, 1.54) is 0 Å². The molecule has 0 amide bonds. The van der Waals surface area contributed by atoms with Gasteiger partial charge in [0, 0.05) is 10.9 Å². The predicted molar refractivity (Wildman–Crippen MR) is 92.4 cm³/mol. The number of alkyl halides is 2. The van der Waals surface area contributed by atoms with E-state index < -0.39 is 11.2 Å². The van der Waals surface area contributed by atoms with Crippen molar-refractivity contribution in [1.82, 2.24) is 9.97 Å². The number of halogens is 3. The summed E-state index contributed by atoms with van der Waals surface area (Å²) in [7, 11) is 0. The number of aliphatic carboxylic acids is 1. The van der Waals surface area contributed by atoms with Gasteiger partial charge in [-0.15, -0.1) is 0 Å². The van der Waals surface area contributed by atoms with Crippen LogP contribution in [0, 0.1) is 11.3 Å². The first-order valence-corrected chi connectivity index (χ1v) is 8.42. The Morgan fingerprint density at radius 3 is 2.60 bits per heavy atom. The third kappa shape index (κ3) is 3.23. The van der Waals surface area contributed by atoms with E-state index in [4.69, 9.17) is 5.11 Å². The first-order valence-electron chi connectivity index (χ1n) is 6.81. The third-order valence-electron chi connectivity index (χ3n) is 3.41. The van der Waals surface area contributed by atoms with Gasteiger partial charge in [0.2, 0.25) is 0 Å². The number of rotatable bonds is 4. The molecule has 2 N–H and O–H groups in total. The van der Waals surface area contributed by atoms with Crippen LogP contribution in [-0.4, -0.2) is 26.3 Å². The number of carbonyl (C=O) groups is 1. The van der Waals surface area contributed by atoms with E-state index in [9.17, 15) is 18.8 Å². The van der Waals surface area contributed by atoms with Crippen LogP contribution in [0.3, 0.4) is 0 Å². The standard InChI is InChI=1S/C16H8BrF2N3O2S/c17-13-12(21-15(22-13)25-16(18,19)14(23)24)11-6-5-8(7-20)9-3-1-2-4-10(9)11/h1-6H,(H,21,22)(H,23,24). The summed E-state index contributed by atoms with van der Waals surface area (Å²) in [6.07, 6.45) is 0. The fraction of sp³-hybridized carbons (Fsp3) is 0.0625. The Morgan fingerprint density at radius 1 is 1.28 bits per heavy atom. The number of nitriles is 1. The third-order valence-corrected chi connectivity index (χ3v) is 4.80. The molecule has 3 aromatic rings. The Morgan fingerprint density at radius 2 is 1.96 bits per heavy atom. The van der Waals surface area contributed by atoms with E-state index in [1.54, 1.807) is 36.4 Å². The molecule has 5 nitrogen and oxygen atoms in total. The number of hydrogen-bond acceptors (Lipinski definition) is 4. The van der Waals surface area contributed by atoms with Gasteiger partial charge in [0.05, 0.1) is 11.6 Å². The van der Waals surface area contributed by atoms with E-state index in [0.717, 1.165) is 5.39 Å². The molecular formula is C16H8BrF2N3O2S. The van der Waals surface area contributed by atoms with E-state index in [-0.39, 0.29) is 16.9 Å². The molecule has 0 aliphatic heterocycles. The molecule has 1 heterocycles.